The van der Waals surface area contributed by atoms with E-state index in [1.165, 1.54) is 0 Å². The SMILES string of the molecule is CNc1cc(C(=O)N(C)Cc2ccc(Cl)cc2)cc(C)n1. The zero-order valence-corrected chi connectivity index (χ0v) is 13.1. The van der Waals surface area contributed by atoms with Gasteiger partial charge >= 0.3 is 0 Å². The van der Waals surface area contributed by atoms with Gasteiger partial charge in [0.05, 0.1) is 0 Å². The first kappa shape index (κ1) is 15.3. The predicted molar refractivity (Wildman–Crippen MR) is 85.8 cm³/mol. The molecule has 110 valence electrons. The number of rotatable bonds is 4. The van der Waals surface area contributed by atoms with Crippen molar-refractivity contribution in [3.05, 3.63) is 58.2 Å². The number of nitrogens with zero attached hydrogens (tertiary/aromatic N) is 2. The smallest absolute Gasteiger partial charge is 0.254 e. The monoisotopic (exact) mass is 303 g/mol. The van der Waals surface area contributed by atoms with E-state index >= 15 is 0 Å². The van der Waals surface area contributed by atoms with Crippen LogP contribution >= 0.6 is 11.6 Å². The number of hydrogen-bond acceptors (Lipinski definition) is 3. The number of anilines is 1. The Bertz CT molecular complexity index is 640. The number of carbonyl (C=O) groups excluding carboxylic acids is 1. The number of benzene rings is 1. The Labute approximate surface area is 129 Å². The molecule has 21 heavy (non-hydrogen) atoms. The molecule has 0 aliphatic rings. The second-order valence-electron chi connectivity index (χ2n) is 4.92. The summed E-state index contributed by atoms with van der Waals surface area (Å²) in [5, 5.41) is 3.65. The number of nitrogens with one attached hydrogen (secondary N) is 1. The maximum absolute atomic E-state index is 12.5. The molecule has 0 radical (unpaired) electrons. The average Bonchev–Trinajstić information content (AvgIpc) is 2.48. The molecule has 1 aromatic heterocycles. The molecule has 0 aliphatic heterocycles. The highest BCUT2D eigenvalue weighted by Gasteiger charge is 2.13. The van der Waals surface area contributed by atoms with Gasteiger partial charge in [-0.1, -0.05) is 23.7 Å². The van der Waals surface area contributed by atoms with Gasteiger partial charge in [-0.05, 0) is 36.8 Å². The molecule has 4 nitrogen and oxygen atoms in total. The number of halogens is 1. The van der Waals surface area contributed by atoms with E-state index in [1.54, 1.807) is 31.1 Å². The van der Waals surface area contributed by atoms with Gasteiger partial charge in [0, 0.05) is 36.9 Å². The van der Waals surface area contributed by atoms with E-state index in [0.29, 0.717) is 22.9 Å². The van der Waals surface area contributed by atoms with Gasteiger partial charge in [-0.2, -0.15) is 0 Å². The Balaban J connectivity index is 2.15. The van der Waals surface area contributed by atoms with E-state index in [2.05, 4.69) is 10.3 Å². The standard InChI is InChI=1S/C16H18ClN3O/c1-11-8-13(9-15(18-2)19-11)16(21)20(3)10-12-4-6-14(17)7-5-12/h4-9H,10H2,1-3H3,(H,18,19). The number of carbonyl (C=O) groups is 1. The van der Waals surface area contributed by atoms with Gasteiger partial charge in [0.15, 0.2) is 0 Å². The molecule has 0 saturated carbocycles. The van der Waals surface area contributed by atoms with Crippen LogP contribution < -0.4 is 5.32 Å². The molecule has 2 aromatic rings. The van der Waals surface area contributed by atoms with Crippen molar-refractivity contribution in [3.63, 3.8) is 0 Å². The van der Waals surface area contributed by atoms with Gasteiger partial charge in [0.2, 0.25) is 0 Å². The van der Waals surface area contributed by atoms with Crippen LogP contribution in [0.4, 0.5) is 5.82 Å². The normalized spacial score (nSPS) is 10.3. The van der Waals surface area contributed by atoms with Crippen molar-refractivity contribution in [1.82, 2.24) is 9.88 Å². The number of amides is 1. The highest BCUT2D eigenvalue weighted by atomic mass is 35.5. The average molecular weight is 304 g/mol. The summed E-state index contributed by atoms with van der Waals surface area (Å²) in [5.74, 6) is 0.658. The third-order valence-corrected chi connectivity index (χ3v) is 3.39. The van der Waals surface area contributed by atoms with Crippen molar-refractivity contribution in [2.45, 2.75) is 13.5 Å². The zero-order chi connectivity index (χ0) is 15.4. The molecular formula is C16H18ClN3O. The summed E-state index contributed by atoms with van der Waals surface area (Å²) >= 11 is 5.86. The lowest BCUT2D eigenvalue weighted by atomic mass is 10.1. The van der Waals surface area contributed by atoms with Crippen LogP contribution in [0.5, 0.6) is 0 Å². The lowest BCUT2D eigenvalue weighted by Crippen LogP contribution is -2.26. The summed E-state index contributed by atoms with van der Waals surface area (Å²) in [6, 6.07) is 11.0. The molecule has 1 aromatic carbocycles. The maximum atomic E-state index is 12.5. The first-order valence-electron chi connectivity index (χ1n) is 6.66. The van der Waals surface area contributed by atoms with Gasteiger partial charge in [-0.3, -0.25) is 4.79 Å². The molecule has 2 rings (SSSR count). The first-order valence-corrected chi connectivity index (χ1v) is 7.03. The predicted octanol–water partition coefficient (Wildman–Crippen LogP) is 3.36. The van der Waals surface area contributed by atoms with Crippen molar-refractivity contribution in [2.75, 3.05) is 19.4 Å². The second-order valence-corrected chi connectivity index (χ2v) is 5.36. The van der Waals surface area contributed by atoms with E-state index < -0.39 is 0 Å². The fourth-order valence-electron chi connectivity index (χ4n) is 2.08. The fourth-order valence-corrected chi connectivity index (χ4v) is 2.20. The molecule has 0 atom stereocenters. The molecule has 0 saturated heterocycles. The van der Waals surface area contributed by atoms with Crippen molar-refractivity contribution in [2.24, 2.45) is 0 Å². The second kappa shape index (κ2) is 6.59. The topological polar surface area (TPSA) is 45.2 Å². The number of hydrogen-bond donors (Lipinski definition) is 1. The molecule has 1 amide bonds. The fraction of sp³-hybridized carbons (Fsp3) is 0.250. The minimum Gasteiger partial charge on any atom is -0.373 e. The van der Waals surface area contributed by atoms with Crippen LogP contribution in [0.1, 0.15) is 21.6 Å². The minimum atomic E-state index is -0.0352. The Hall–Kier alpha value is -2.07. The molecule has 0 aliphatic carbocycles. The quantitative estimate of drug-likeness (QED) is 0.942. The van der Waals surface area contributed by atoms with E-state index in [9.17, 15) is 4.79 Å². The molecule has 1 N–H and O–H groups in total. The maximum Gasteiger partial charge on any atom is 0.254 e. The molecule has 5 heteroatoms. The number of pyridine rings is 1. The third kappa shape index (κ3) is 3.95. The largest absolute Gasteiger partial charge is 0.373 e. The lowest BCUT2D eigenvalue weighted by molar-refractivity contribution is 0.0785. The number of aromatic nitrogens is 1. The highest BCUT2D eigenvalue weighted by Crippen LogP contribution is 2.15. The molecule has 0 unspecified atom stereocenters. The molecule has 0 spiro atoms. The van der Waals surface area contributed by atoms with E-state index in [0.717, 1.165) is 11.3 Å². The summed E-state index contributed by atoms with van der Waals surface area (Å²) in [7, 11) is 3.57. The van der Waals surface area contributed by atoms with Crippen LogP contribution in [0.3, 0.4) is 0 Å². The zero-order valence-electron chi connectivity index (χ0n) is 12.4. The van der Waals surface area contributed by atoms with Crippen molar-refractivity contribution < 1.29 is 4.79 Å². The van der Waals surface area contributed by atoms with Gasteiger partial charge in [-0.15, -0.1) is 0 Å². The molecule has 1 heterocycles. The Morgan fingerprint density at radius 2 is 1.95 bits per heavy atom. The van der Waals surface area contributed by atoms with E-state index in [1.807, 2.05) is 31.2 Å². The van der Waals surface area contributed by atoms with Crippen LogP contribution in [-0.4, -0.2) is 29.9 Å². The summed E-state index contributed by atoms with van der Waals surface area (Å²) in [6.45, 7) is 2.41. The van der Waals surface area contributed by atoms with Gasteiger partial charge in [0.1, 0.15) is 5.82 Å². The molecular weight excluding hydrogens is 286 g/mol. The number of aryl methyl sites for hydroxylation is 1. The van der Waals surface area contributed by atoms with Gasteiger partial charge in [-0.25, -0.2) is 4.98 Å². The summed E-state index contributed by atoms with van der Waals surface area (Å²) in [6.07, 6.45) is 0. The van der Waals surface area contributed by atoms with Gasteiger partial charge in [0.25, 0.3) is 5.91 Å². The Morgan fingerprint density at radius 1 is 1.29 bits per heavy atom. The van der Waals surface area contributed by atoms with Crippen LogP contribution in [0.15, 0.2) is 36.4 Å². The Kier molecular flexibility index (Phi) is 4.81. The van der Waals surface area contributed by atoms with Gasteiger partial charge < -0.3 is 10.2 Å². The highest BCUT2D eigenvalue weighted by molar-refractivity contribution is 6.30. The Morgan fingerprint density at radius 3 is 2.57 bits per heavy atom. The molecule has 0 bridgehead atoms. The van der Waals surface area contributed by atoms with Crippen LogP contribution in [0.25, 0.3) is 0 Å². The summed E-state index contributed by atoms with van der Waals surface area (Å²) in [4.78, 5) is 18.4. The summed E-state index contributed by atoms with van der Waals surface area (Å²) in [5.41, 5.74) is 2.48. The third-order valence-electron chi connectivity index (χ3n) is 3.14. The van der Waals surface area contributed by atoms with E-state index in [4.69, 9.17) is 11.6 Å². The van der Waals surface area contributed by atoms with Crippen molar-refractivity contribution in [1.29, 1.82) is 0 Å². The van der Waals surface area contributed by atoms with Crippen molar-refractivity contribution in [3.8, 4) is 0 Å². The van der Waals surface area contributed by atoms with E-state index in [-0.39, 0.29) is 5.91 Å². The lowest BCUT2D eigenvalue weighted by Gasteiger charge is -2.18. The first-order chi connectivity index (χ1) is 9.99. The minimum absolute atomic E-state index is 0.0352. The van der Waals surface area contributed by atoms with Crippen LogP contribution in [-0.2, 0) is 6.54 Å². The van der Waals surface area contributed by atoms with Crippen molar-refractivity contribution >= 4 is 23.3 Å². The van der Waals surface area contributed by atoms with Crippen LogP contribution in [0, 0.1) is 6.92 Å². The molecule has 0 fully saturated rings. The summed E-state index contributed by atoms with van der Waals surface area (Å²) < 4.78 is 0. The van der Waals surface area contributed by atoms with Crippen LogP contribution in [0.2, 0.25) is 5.02 Å².